The molecular weight excluding hydrogens is 426 g/mol. The molecule has 0 aliphatic carbocycles. The van der Waals surface area contributed by atoms with Crippen LogP contribution in [0, 0.1) is 0 Å². The Morgan fingerprint density at radius 3 is 2.35 bits per heavy atom. The van der Waals surface area contributed by atoms with Gasteiger partial charge in [0.05, 0.1) is 11.6 Å². The summed E-state index contributed by atoms with van der Waals surface area (Å²) >= 11 is 0. The fourth-order valence-electron chi connectivity index (χ4n) is 4.35. The van der Waals surface area contributed by atoms with Crippen molar-refractivity contribution in [3.05, 3.63) is 72.7 Å². The van der Waals surface area contributed by atoms with Gasteiger partial charge in [-0.15, -0.1) is 0 Å². The molecule has 1 amide bonds. The molecule has 1 aliphatic rings. The highest BCUT2D eigenvalue weighted by Gasteiger charge is 2.22. The van der Waals surface area contributed by atoms with Crippen molar-refractivity contribution in [1.82, 2.24) is 19.7 Å². The van der Waals surface area contributed by atoms with E-state index >= 15 is 0 Å². The molecule has 5 rings (SSSR count). The van der Waals surface area contributed by atoms with Crippen LogP contribution in [0.3, 0.4) is 0 Å². The number of carbonyl (C=O) groups excluding carboxylic acids is 1. The van der Waals surface area contributed by atoms with Crippen molar-refractivity contribution in [2.75, 3.05) is 41.3 Å². The highest BCUT2D eigenvalue weighted by atomic mass is 16.2. The molecule has 0 bridgehead atoms. The zero-order chi connectivity index (χ0) is 23.5. The third-order valence-electron chi connectivity index (χ3n) is 6.27. The standard InChI is InChI=1S/C26H29N7O/c1-19(2)20-8-10-21(11-9-20)30-24(34)17-33-26-23(16-29-33)25(27-18-28-26)32-14-12-31(13-15-32)22-6-4-3-5-7-22/h3-11,16,18-19H,12-15,17H2,1-2H3,(H,30,34). The first-order valence-electron chi connectivity index (χ1n) is 11.7. The second kappa shape index (κ2) is 9.51. The average Bonchev–Trinajstić information content (AvgIpc) is 3.28. The first-order valence-corrected chi connectivity index (χ1v) is 11.7. The normalized spacial score (nSPS) is 14.1. The van der Waals surface area contributed by atoms with E-state index in [2.05, 4.69) is 68.3 Å². The van der Waals surface area contributed by atoms with Crippen molar-refractivity contribution in [3.8, 4) is 0 Å². The number of anilines is 3. The monoisotopic (exact) mass is 455 g/mol. The first kappa shape index (κ1) is 21.9. The summed E-state index contributed by atoms with van der Waals surface area (Å²) in [5.41, 5.74) is 3.93. The lowest BCUT2D eigenvalue weighted by Gasteiger charge is -2.36. The summed E-state index contributed by atoms with van der Waals surface area (Å²) in [6.07, 6.45) is 3.32. The van der Waals surface area contributed by atoms with E-state index in [1.54, 1.807) is 17.2 Å². The van der Waals surface area contributed by atoms with E-state index in [9.17, 15) is 4.79 Å². The van der Waals surface area contributed by atoms with Gasteiger partial charge in [0.1, 0.15) is 18.7 Å². The molecular formula is C26H29N7O. The number of benzene rings is 2. The summed E-state index contributed by atoms with van der Waals surface area (Å²) in [6.45, 7) is 7.94. The van der Waals surface area contributed by atoms with E-state index in [0.29, 0.717) is 11.6 Å². The van der Waals surface area contributed by atoms with Gasteiger partial charge in [0, 0.05) is 37.6 Å². The number of para-hydroxylation sites is 1. The molecule has 34 heavy (non-hydrogen) atoms. The number of carbonyl (C=O) groups is 1. The van der Waals surface area contributed by atoms with Gasteiger partial charge in [0.15, 0.2) is 5.65 Å². The predicted octanol–water partition coefficient (Wildman–Crippen LogP) is 3.92. The molecule has 4 aromatic rings. The number of aromatic nitrogens is 4. The maximum Gasteiger partial charge on any atom is 0.246 e. The van der Waals surface area contributed by atoms with Crippen LogP contribution >= 0.6 is 0 Å². The van der Waals surface area contributed by atoms with Gasteiger partial charge in [-0.25, -0.2) is 14.6 Å². The van der Waals surface area contributed by atoms with E-state index in [0.717, 1.165) is 43.1 Å². The summed E-state index contributed by atoms with van der Waals surface area (Å²) in [4.78, 5) is 26.3. The molecule has 0 radical (unpaired) electrons. The van der Waals surface area contributed by atoms with E-state index in [1.165, 1.54) is 11.3 Å². The fraction of sp³-hybridized carbons (Fsp3) is 0.308. The van der Waals surface area contributed by atoms with Gasteiger partial charge in [0.25, 0.3) is 0 Å². The van der Waals surface area contributed by atoms with E-state index in [-0.39, 0.29) is 12.5 Å². The van der Waals surface area contributed by atoms with Crippen molar-refractivity contribution >= 4 is 34.1 Å². The largest absolute Gasteiger partial charge is 0.368 e. The average molecular weight is 456 g/mol. The maximum atomic E-state index is 12.7. The van der Waals surface area contributed by atoms with Gasteiger partial charge in [-0.3, -0.25) is 4.79 Å². The third-order valence-corrected chi connectivity index (χ3v) is 6.27. The summed E-state index contributed by atoms with van der Waals surface area (Å²) in [7, 11) is 0. The first-order chi connectivity index (χ1) is 16.6. The van der Waals surface area contributed by atoms with Gasteiger partial charge in [-0.2, -0.15) is 5.10 Å². The van der Waals surface area contributed by atoms with Crippen LogP contribution in [-0.2, 0) is 11.3 Å². The smallest absolute Gasteiger partial charge is 0.246 e. The van der Waals surface area contributed by atoms with Crippen molar-refractivity contribution in [2.24, 2.45) is 0 Å². The number of nitrogens with zero attached hydrogens (tertiary/aromatic N) is 6. The van der Waals surface area contributed by atoms with Crippen molar-refractivity contribution in [2.45, 2.75) is 26.3 Å². The van der Waals surface area contributed by atoms with Gasteiger partial charge in [0.2, 0.25) is 5.91 Å². The van der Waals surface area contributed by atoms with Crippen LogP contribution in [-0.4, -0.2) is 51.8 Å². The highest BCUT2D eigenvalue weighted by Crippen LogP contribution is 2.25. The molecule has 174 valence electrons. The lowest BCUT2D eigenvalue weighted by Crippen LogP contribution is -2.46. The fourth-order valence-corrected chi connectivity index (χ4v) is 4.35. The quantitative estimate of drug-likeness (QED) is 0.475. The molecule has 1 fully saturated rings. The summed E-state index contributed by atoms with van der Waals surface area (Å²) < 4.78 is 1.64. The Bertz CT molecular complexity index is 1260. The van der Waals surface area contributed by atoms with E-state index < -0.39 is 0 Å². The molecule has 2 aromatic heterocycles. The van der Waals surface area contributed by atoms with Crippen molar-refractivity contribution in [3.63, 3.8) is 0 Å². The number of hydrogen-bond acceptors (Lipinski definition) is 6. The topological polar surface area (TPSA) is 79.2 Å². The zero-order valence-corrected chi connectivity index (χ0v) is 19.6. The van der Waals surface area contributed by atoms with Gasteiger partial charge in [-0.05, 0) is 35.7 Å². The highest BCUT2D eigenvalue weighted by molar-refractivity contribution is 5.92. The molecule has 8 heteroatoms. The number of rotatable bonds is 6. The van der Waals surface area contributed by atoms with Gasteiger partial charge >= 0.3 is 0 Å². The molecule has 8 nitrogen and oxygen atoms in total. The number of fused-ring (bicyclic) bond motifs is 1. The van der Waals surface area contributed by atoms with E-state index in [4.69, 9.17) is 0 Å². The second-order valence-corrected chi connectivity index (χ2v) is 8.87. The summed E-state index contributed by atoms with van der Waals surface area (Å²) in [5, 5.41) is 8.26. The minimum atomic E-state index is -0.140. The molecule has 0 saturated carbocycles. The Hall–Kier alpha value is -3.94. The van der Waals surface area contributed by atoms with Crippen LogP contribution in [0.25, 0.3) is 11.0 Å². The molecule has 2 aromatic carbocycles. The minimum absolute atomic E-state index is 0.0909. The SMILES string of the molecule is CC(C)c1ccc(NC(=O)Cn2ncc3c(N4CCN(c5ccccc5)CC4)ncnc32)cc1. The molecule has 0 spiro atoms. The van der Waals surface area contributed by atoms with Gasteiger partial charge in [-0.1, -0.05) is 44.2 Å². The molecule has 1 N–H and O–H groups in total. The Morgan fingerprint density at radius 1 is 0.941 bits per heavy atom. The predicted molar refractivity (Wildman–Crippen MR) is 135 cm³/mol. The summed E-state index contributed by atoms with van der Waals surface area (Å²) in [5.74, 6) is 1.18. The van der Waals surface area contributed by atoms with Gasteiger partial charge < -0.3 is 15.1 Å². The maximum absolute atomic E-state index is 12.7. The van der Waals surface area contributed by atoms with Crippen LogP contribution in [0.4, 0.5) is 17.2 Å². The Kier molecular flexibility index (Phi) is 6.12. The zero-order valence-electron chi connectivity index (χ0n) is 19.6. The van der Waals surface area contributed by atoms with Crippen LogP contribution in [0.5, 0.6) is 0 Å². The van der Waals surface area contributed by atoms with Crippen molar-refractivity contribution < 1.29 is 4.79 Å². The number of hydrogen-bond donors (Lipinski definition) is 1. The van der Waals surface area contributed by atoms with Crippen molar-refractivity contribution in [1.29, 1.82) is 0 Å². The molecule has 3 heterocycles. The summed E-state index contributed by atoms with van der Waals surface area (Å²) in [6, 6.07) is 18.4. The molecule has 0 atom stereocenters. The lowest BCUT2D eigenvalue weighted by atomic mass is 10.0. The van der Waals surface area contributed by atoms with Crippen LogP contribution in [0.2, 0.25) is 0 Å². The Morgan fingerprint density at radius 2 is 1.65 bits per heavy atom. The Labute approximate surface area is 199 Å². The second-order valence-electron chi connectivity index (χ2n) is 8.87. The number of piperazine rings is 1. The minimum Gasteiger partial charge on any atom is -0.368 e. The molecule has 1 aliphatic heterocycles. The van der Waals surface area contributed by atoms with Crippen LogP contribution in [0.1, 0.15) is 25.3 Å². The number of amides is 1. The van der Waals surface area contributed by atoms with Crippen LogP contribution < -0.4 is 15.1 Å². The molecule has 0 unspecified atom stereocenters. The number of nitrogens with one attached hydrogen (secondary N) is 1. The molecule has 1 saturated heterocycles. The van der Waals surface area contributed by atoms with E-state index in [1.807, 2.05) is 30.3 Å². The third kappa shape index (κ3) is 4.57. The lowest BCUT2D eigenvalue weighted by molar-refractivity contribution is -0.116. The van der Waals surface area contributed by atoms with Crippen LogP contribution in [0.15, 0.2) is 67.1 Å². The Balaban J connectivity index is 1.27.